The van der Waals surface area contributed by atoms with Crippen molar-refractivity contribution in [2.75, 3.05) is 0 Å². The molecule has 2 heteroatoms. The minimum absolute atomic E-state index is 0.825. The molecule has 0 atom stereocenters. The van der Waals surface area contributed by atoms with Crippen LogP contribution in [0.2, 0.25) is 0 Å². The smallest absolute Gasteiger partial charge is 0.0973 e. The monoisotopic (exact) mass is 179 g/mol. The average molecular weight is 179 g/mol. The minimum Gasteiger partial charge on any atom is -0.255 e. The molecule has 2 heterocycles. The van der Waals surface area contributed by atoms with Gasteiger partial charge in [-0.1, -0.05) is 18.2 Å². The maximum absolute atomic E-state index is 4.46. The number of aromatic nitrogens is 2. The lowest BCUT2D eigenvalue weighted by Gasteiger charge is -1.98. The van der Waals surface area contributed by atoms with E-state index < -0.39 is 0 Å². The number of hydrogen-bond acceptors (Lipinski definition) is 2. The second-order valence-corrected chi connectivity index (χ2v) is 3.14. The Bertz CT molecular complexity index is 497. The number of hydrogen-bond donors (Lipinski definition) is 0. The molecular weight excluding hydrogens is 172 g/mol. The van der Waals surface area contributed by atoms with Crippen LogP contribution < -0.4 is 0 Å². The van der Waals surface area contributed by atoms with E-state index in [0.717, 1.165) is 21.9 Å². The van der Waals surface area contributed by atoms with E-state index in [-0.39, 0.29) is 0 Å². The van der Waals surface area contributed by atoms with E-state index in [1.807, 2.05) is 30.3 Å². The van der Waals surface area contributed by atoms with Crippen molar-refractivity contribution in [1.82, 2.24) is 9.97 Å². The quantitative estimate of drug-likeness (QED) is 0.496. The van der Waals surface area contributed by atoms with E-state index in [1.165, 1.54) is 0 Å². The van der Waals surface area contributed by atoms with Crippen molar-refractivity contribution in [3.05, 3.63) is 48.7 Å². The highest BCUT2D eigenvalue weighted by Crippen LogP contribution is 2.16. The van der Waals surface area contributed by atoms with Crippen LogP contribution in [0.5, 0.6) is 0 Å². The van der Waals surface area contributed by atoms with Crippen LogP contribution in [0.4, 0.5) is 0 Å². The fourth-order valence-corrected chi connectivity index (χ4v) is 1.54. The zero-order valence-corrected chi connectivity index (χ0v) is 7.44. The standard InChI is InChI=1S/C12H7N2/c1-2-5-10-9(4-1)8-12-11(14-10)6-3-7-13-12/h1-5,7-8H. The molecule has 0 fully saturated rings. The van der Waals surface area contributed by atoms with Crippen LogP contribution in [0.25, 0.3) is 21.9 Å². The molecule has 14 heavy (non-hydrogen) atoms. The first-order valence-electron chi connectivity index (χ1n) is 4.46. The second-order valence-electron chi connectivity index (χ2n) is 3.14. The summed E-state index contributed by atoms with van der Waals surface area (Å²) in [7, 11) is 0. The summed E-state index contributed by atoms with van der Waals surface area (Å²) in [6.07, 6.45) is 1.73. The molecule has 0 amide bonds. The van der Waals surface area contributed by atoms with Crippen molar-refractivity contribution < 1.29 is 0 Å². The lowest BCUT2D eigenvalue weighted by molar-refractivity contribution is 1.37. The molecule has 0 aliphatic carbocycles. The predicted molar refractivity (Wildman–Crippen MR) is 55.9 cm³/mol. The number of benzene rings is 1. The van der Waals surface area contributed by atoms with Crippen LogP contribution in [0, 0.1) is 6.07 Å². The van der Waals surface area contributed by atoms with Gasteiger partial charge in [0.1, 0.15) is 0 Å². The van der Waals surface area contributed by atoms with Crippen molar-refractivity contribution in [3.63, 3.8) is 0 Å². The Labute approximate surface area is 81.2 Å². The minimum atomic E-state index is 0.825. The Balaban J connectivity index is 2.52. The van der Waals surface area contributed by atoms with E-state index in [9.17, 15) is 0 Å². The van der Waals surface area contributed by atoms with Gasteiger partial charge < -0.3 is 0 Å². The Kier molecular flexibility index (Phi) is 1.47. The fraction of sp³-hybridized carbons (Fsp3) is 0. The van der Waals surface area contributed by atoms with Crippen molar-refractivity contribution in [2.45, 2.75) is 0 Å². The van der Waals surface area contributed by atoms with Crippen molar-refractivity contribution in [2.24, 2.45) is 0 Å². The van der Waals surface area contributed by atoms with Gasteiger partial charge in [-0.3, -0.25) is 4.98 Å². The number of nitrogens with zero attached hydrogens (tertiary/aromatic N) is 2. The lowest BCUT2D eigenvalue weighted by Crippen LogP contribution is -1.83. The molecule has 0 N–H and O–H groups in total. The number of para-hydroxylation sites is 1. The summed E-state index contributed by atoms with van der Waals surface area (Å²) >= 11 is 0. The molecule has 0 unspecified atom stereocenters. The second kappa shape index (κ2) is 2.77. The first kappa shape index (κ1) is 7.44. The highest BCUT2D eigenvalue weighted by atomic mass is 14.7. The normalized spacial score (nSPS) is 10.9. The van der Waals surface area contributed by atoms with Crippen LogP contribution in [0.1, 0.15) is 0 Å². The lowest BCUT2D eigenvalue weighted by atomic mass is 10.2. The van der Waals surface area contributed by atoms with E-state index in [4.69, 9.17) is 0 Å². The molecule has 0 aliphatic heterocycles. The predicted octanol–water partition coefficient (Wildman–Crippen LogP) is 2.58. The van der Waals surface area contributed by atoms with Crippen LogP contribution in [0.15, 0.2) is 42.6 Å². The van der Waals surface area contributed by atoms with Gasteiger partial charge in [0.15, 0.2) is 0 Å². The number of pyridine rings is 2. The third-order valence-electron chi connectivity index (χ3n) is 2.21. The van der Waals surface area contributed by atoms with Crippen molar-refractivity contribution >= 4 is 21.9 Å². The van der Waals surface area contributed by atoms with E-state index in [2.05, 4.69) is 16.0 Å². The third kappa shape index (κ3) is 1.04. The van der Waals surface area contributed by atoms with Gasteiger partial charge in [-0.05, 0) is 18.2 Å². The molecule has 0 saturated heterocycles. The summed E-state index contributed by atoms with van der Waals surface area (Å²) in [4.78, 5) is 8.70. The van der Waals surface area contributed by atoms with Gasteiger partial charge in [0.2, 0.25) is 0 Å². The number of fused-ring (bicyclic) bond motifs is 2. The molecule has 0 saturated carbocycles. The molecule has 0 spiro atoms. The molecule has 0 aliphatic rings. The molecule has 2 aromatic heterocycles. The molecule has 3 aromatic rings. The van der Waals surface area contributed by atoms with Crippen LogP contribution >= 0.6 is 0 Å². The van der Waals surface area contributed by atoms with E-state index in [0.29, 0.717) is 0 Å². The largest absolute Gasteiger partial charge is 0.255 e. The van der Waals surface area contributed by atoms with Gasteiger partial charge in [0, 0.05) is 17.6 Å². The Hall–Kier alpha value is -1.96. The van der Waals surface area contributed by atoms with Gasteiger partial charge in [-0.15, -0.1) is 0 Å². The van der Waals surface area contributed by atoms with Crippen LogP contribution in [-0.4, -0.2) is 9.97 Å². The summed E-state index contributed by atoms with van der Waals surface area (Å²) in [5.74, 6) is 0. The summed E-state index contributed by atoms with van der Waals surface area (Å²) in [6.45, 7) is 0. The summed E-state index contributed by atoms with van der Waals surface area (Å²) < 4.78 is 0. The first-order chi connectivity index (χ1) is 6.93. The van der Waals surface area contributed by atoms with E-state index in [1.54, 1.807) is 12.3 Å². The summed E-state index contributed by atoms with van der Waals surface area (Å²) in [5, 5.41) is 1.12. The first-order valence-corrected chi connectivity index (χ1v) is 4.46. The third-order valence-corrected chi connectivity index (χ3v) is 2.21. The fourth-order valence-electron chi connectivity index (χ4n) is 1.54. The Morgan fingerprint density at radius 1 is 1.07 bits per heavy atom. The zero-order chi connectivity index (χ0) is 9.38. The maximum atomic E-state index is 4.46. The molecule has 1 aromatic carbocycles. The van der Waals surface area contributed by atoms with Crippen LogP contribution in [-0.2, 0) is 0 Å². The van der Waals surface area contributed by atoms with Gasteiger partial charge in [0.25, 0.3) is 0 Å². The molecule has 3 rings (SSSR count). The molecular formula is C12H7N2. The Morgan fingerprint density at radius 3 is 3.00 bits per heavy atom. The molecule has 0 bridgehead atoms. The maximum Gasteiger partial charge on any atom is 0.0973 e. The van der Waals surface area contributed by atoms with Crippen molar-refractivity contribution in [3.8, 4) is 0 Å². The highest BCUT2D eigenvalue weighted by Gasteiger charge is 1.98. The summed E-state index contributed by atoms with van der Waals surface area (Å²) in [5.41, 5.74) is 2.71. The van der Waals surface area contributed by atoms with E-state index >= 15 is 0 Å². The topological polar surface area (TPSA) is 25.8 Å². The summed E-state index contributed by atoms with van der Waals surface area (Å²) in [6, 6.07) is 14.9. The highest BCUT2D eigenvalue weighted by molar-refractivity contribution is 5.90. The number of rotatable bonds is 0. The molecule has 1 radical (unpaired) electrons. The SMILES string of the molecule is [c]1ccnc2cc3ccccc3nc12. The zero-order valence-electron chi connectivity index (χ0n) is 7.44. The Morgan fingerprint density at radius 2 is 2.00 bits per heavy atom. The molecule has 2 nitrogen and oxygen atoms in total. The van der Waals surface area contributed by atoms with Gasteiger partial charge >= 0.3 is 0 Å². The average Bonchev–Trinajstić information content (AvgIpc) is 2.26. The molecule has 65 valence electrons. The van der Waals surface area contributed by atoms with Crippen LogP contribution in [0.3, 0.4) is 0 Å². The van der Waals surface area contributed by atoms with Crippen molar-refractivity contribution in [1.29, 1.82) is 0 Å². The van der Waals surface area contributed by atoms with Gasteiger partial charge in [0.05, 0.1) is 16.6 Å². The van der Waals surface area contributed by atoms with Gasteiger partial charge in [-0.2, -0.15) is 0 Å². The van der Waals surface area contributed by atoms with Gasteiger partial charge in [-0.25, -0.2) is 4.98 Å².